The zero-order valence-corrected chi connectivity index (χ0v) is 10.2. The summed E-state index contributed by atoms with van der Waals surface area (Å²) in [4.78, 5) is 16.4. The standard InChI is InChI=1S/C14H15N3O/c1-15-13-11-5-3-2-4-9(11)8-12(17-13)14(18)16-10-6-7-10/h2-5,8,10H,6-7H2,1H3,(H,15,17)(H,16,18). The number of rotatable bonds is 3. The molecule has 1 aliphatic rings. The average molecular weight is 241 g/mol. The molecule has 0 radical (unpaired) electrons. The Balaban J connectivity index is 2.03. The van der Waals surface area contributed by atoms with Gasteiger partial charge in [-0.25, -0.2) is 4.98 Å². The molecule has 1 aliphatic carbocycles. The molecular weight excluding hydrogens is 226 g/mol. The highest BCUT2D eigenvalue weighted by Crippen LogP contribution is 2.23. The third-order valence-corrected chi connectivity index (χ3v) is 3.12. The van der Waals surface area contributed by atoms with Gasteiger partial charge in [0.15, 0.2) is 0 Å². The minimum absolute atomic E-state index is 0.0836. The zero-order chi connectivity index (χ0) is 12.5. The first-order valence-electron chi connectivity index (χ1n) is 6.16. The summed E-state index contributed by atoms with van der Waals surface area (Å²) in [6.07, 6.45) is 2.16. The average Bonchev–Trinajstić information content (AvgIpc) is 3.21. The maximum Gasteiger partial charge on any atom is 0.270 e. The van der Waals surface area contributed by atoms with Crippen LogP contribution in [0.2, 0.25) is 0 Å². The largest absolute Gasteiger partial charge is 0.373 e. The molecule has 0 aliphatic heterocycles. The number of fused-ring (bicyclic) bond motifs is 1. The number of carbonyl (C=O) groups excluding carboxylic acids is 1. The maximum atomic E-state index is 12.0. The van der Waals surface area contributed by atoms with E-state index in [0.717, 1.165) is 29.4 Å². The van der Waals surface area contributed by atoms with Crippen LogP contribution in [0.5, 0.6) is 0 Å². The van der Waals surface area contributed by atoms with Crippen LogP contribution in [0, 0.1) is 0 Å². The second-order valence-electron chi connectivity index (χ2n) is 4.57. The highest BCUT2D eigenvalue weighted by molar-refractivity contribution is 6.00. The number of anilines is 1. The van der Waals surface area contributed by atoms with Crippen LogP contribution in [0.3, 0.4) is 0 Å². The van der Waals surface area contributed by atoms with Crippen LogP contribution in [0.15, 0.2) is 30.3 Å². The molecule has 1 saturated carbocycles. The van der Waals surface area contributed by atoms with Crippen LogP contribution >= 0.6 is 0 Å². The number of amides is 1. The number of carbonyl (C=O) groups is 1. The smallest absolute Gasteiger partial charge is 0.270 e. The van der Waals surface area contributed by atoms with Crippen molar-refractivity contribution < 1.29 is 4.79 Å². The number of nitrogens with one attached hydrogen (secondary N) is 2. The van der Waals surface area contributed by atoms with Gasteiger partial charge in [-0.15, -0.1) is 0 Å². The third kappa shape index (κ3) is 2.01. The molecule has 3 rings (SSSR count). The maximum absolute atomic E-state index is 12.0. The fourth-order valence-electron chi connectivity index (χ4n) is 1.99. The molecular formula is C14H15N3O. The van der Waals surface area contributed by atoms with E-state index in [4.69, 9.17) is 0 Å². The Morgan fingerprint density at radius 2 is 2.11 bits per heavy atom. The number of hydrogen-bond donors (Lipinski definition) is 2. The Morgan fingerprint density at radius 1 is 1.33 bits per heavy atom. The summed E-state index contributed by atoms with van der Waals surface area (Å²) < 4.78 is 0. The van der Waals surface area contributed by atoms with Crippen LogP contribution in [0.1, 0.15) is 23.3 Å². The Hall–Kier alpha value is -2.10. The number of benzene rings is 1. The highest BCUT2D eigenvalue weighted by Gasteiger charge is 2.24. The van der Waals surface area contributed by atoms with Gasteiger partial charge in [-0.2, -0.15) is 0 Å². The Labute approximate surface area is 105 Å². The van der Waals surface area contributed by atoms with Crippen LogP contribution in [0.4, 0.5) is 5.82 Å². The quantitative estimate of drug-likeness (QED) is 0.866. The summed E-state index contributed by atoms with van der Waals surface area (Å²) in [7, 11) is 1.82. The van der Waals surface area contributed by atoms with Crippen LogP contribution in [0.25, 0.3) is 10.8 Å². The molecule has 4 nitrogen and oxygen atoms in total. The van der Waals surface area contributed by atoms with E-state index in [0.29, 0.717) is 11.7 Å². The van der Waals surface area contributed by atoms with Gasteiger partial charge in [0.25, 0.3) is 5.91 Å². The van der Waals surface area contributed by atoms with Gasteiger partial charge in [0.1, 0.15) is 11.5 Å². The molecule has 1 aromatic carbocycles. The first kappa shape index (κ1) is 11.0. The van der Waals surface area contributed by atoms with Crippen molar-refractivity contribution in [3.63, 3.8) is 0 Å². The van der Waals surface area contributed by atoms with E-state index in [-0.39, 0.29) is 5.91 Å². The summed E-state index contributed by atoms with van der Waals surface area (Å²) in [5, 5.41) is 8.06. The monoisotopic (exact) mass is 241 g/mol. The molecule has 1 fully saturated rings. The SMILES string of the molecule is CNc1nc(C(=O)NC2CC2)cc2ccccc12. The predicted molar refractivity (Wildman–Crippen MR) is 71.8 cm³/mol. The van der Waals surface area contributed by atoms with Gasteiger partial charge in [-0.3, -0.25) is 4.79 Å². The van der Waals surface area contributed by atoms with Gasteiger partial charge in [0, 0.05) is 18.5 Å². The number of nitrogens with zero attached hydrogens (tertiary/aromatic N) is 1. The van der Waals surface area contributed by atoms with E-state index < -0.39 is 0 Å². The Morgan fingerprint density at radius 3 is 2.83 bits per heavy atom. The number of hydrogen-bond acceptors (Lipinski definition) is 3. The highest BCUT2D eigenvalue weighted by atomic mass is 16.2. The molecule has 0 atom stereocenters. The molecule has 0 saturated heterocycles. The van der Waals surface area contributed by atoms with Crippen LogP contribution < -0.4 is 10.6 Å². The van der Waals surface area contributed by atoms with Crippen molar-refractivity contribution in [2.24, 2.45) is 0 Å². The third-order valence-electron chi connectivity index (χ3n) is 3.12. The lowest BCUT2D eigenvalue weighted by atomic mass is 10.1. The minimum atomic E-state index is -0.0836. The topological polar surface area (TPSA) is 54.0 Å². The molecule has 1 heterocycles. The molecule has 0 bridgehead atoms. The van der Waals surface area contributed by atoms with E-state index >= 15 is 0 Å². The normalized spacial score (nSPS) is 14.5. The summed E-state index contributed by atoms with van der Waals surface area (Å²) in [6.45, 7) is 0. The van der Waals surface area contributed by atoms with E-state index in [2.05, 4.69) is 15.6 Å². The summed E-state index contributed by atoms with van der Waals surface area (Å²) in [5.41, 5.74) is 0.477. The van der Waals surface area contributed by atoms with Crippen molar-refractivity contribution in [1.82, 2.24) is 10.3 Å². The lowest BCUT2D eigenvalue weighted by molar-refractivity contribution is 0.0946. The van der Waals surface area contributed by atoms with Gasteiger partial charge in [0.2, 0.25) is 0 Å². The molecule has 2 aromatic rings. The summed E-state index contributed by atoms with van der Waals surface area (Å²) in [5.74, 6) is 0.661. The van der Waals surface area contributed by atoms with Gasteiger partial charge < -0.3 is 10.6 Å². The number of aromatic nitrogens is 1. The molecule has 18 heavy (non-hydrogen) atoms. The van der Waals surface area contributed by atoms with Crippen molar-refractivity contribution in [3.05, 3.63) is 36.0 Å². The Kier molecular flexibility index (Phi) is 2.63. The van der Waals surface area contributed by atoms with Crippen LogP contribution in [-0.2, 0) is 0 Å². The lowest BCUT2D eigenvalue weighted by Gasteiger charge is -2.08. The van der Waals surface area contributed by atoms with E-state index in [9.17, 15) is 4.79 Å². The molecule has 2 N–H and O–H groups in total. The van der Waals surface area contributed by atoms with Gasteiger partial charge in [0.05, 0.1) is 0 Å². The summed E-state index contributed by atoms with van der Waals surface area (Å²) >= 11 is 0. The zero-order valence-electron chi connectivity index (χ0n) is 10.2. The van der Waals surface area contributed by atoms with Crippen molar-refractivity contribution in [1.29, 1.82) is 0 Å². The van der Waals surface area contributed by atoms with E-state index in [1.807, 2.05) is 37.4 Å². The first-order chi connectivity index (χ1) is 8.78. The van der Waals surface area contributed by atoms with Crippen molar-refractivity contribution in [2.75, 3.05) is 12.4 Å². The van der Waals surface area contributed by atoms with Crippen molar-refractivity contribution in [3.8, 4) is 0 Å². The summed E-state index contributed by atoms with van der Waals surface area (Å²) in [6, 6.07) is 10.1. The van der Waals surface area contributed by atoms with Crippen molar-refractivity contribution in [2.45, 2.75) is 18.9 Å². The Bertz CT molecular complexity index is 605. The van der Waals surface area contributed by atoms with E-state index in [1.165, 1.54) is 0 Å². The molecule has 1 aromatic heterocycles. The van der Waals surface area contributed by atoms with E-state index in [1.54, 1.807) is 0 Å². The fraction of sp³-hybridized carbons (Fsp3) is 0.286. The molecule has 92 valence electrons. The molecule has 0 unspecified atom stereocenters. The second kappa shape index (κ2) is 4.29. The van der Waals surface area contributed by atoms with Gasteiger partial charge in [-0.1, -0.05) is 24.3 Å². The molecule has 4 heteroatoms. The van der Waals surface area contributed by atoms with Crippen molar-refractivity contribution >= 4 is 22.5 Å². The minimum Gasteiger partial charge on any atom is -0.373 e. The van der Waals surface area contributed by atoms with Crippen LogP contribution in [-0.4, -0.2) is 24.0 Å². The predicted octanol–water partition coefficient (Wildman–Crippen LogP) is 2.17. The lowest BCUT2D eigenvalue weighted by Crippen LogP contribution is -2.26. The van der Waals surface area contributed by atoms with Gasteiger partial charge >= 0.3 is 0 Å². The number of pyridine rings is 1. The molecule has 0 spiro atoms. The fourth-order valence-corrected chi connectivity index (χ4v) is 1.99. The van der Waals surface area contributed by atoms with Gasteiger partial charge in [-0.05, 0) is 24.3 Å². The second-order valence-corrected chi connectivity index (χ2v) is 4.57. The molecule has 1 amide bonds. The first-order valence-corrected chi connectivity index (χ1v) is 6.16.